The van der Waals surface area contributed by atoms with Gasteiger partial charge >= 0.3 is 0 Å². The molecule has 24 heavy (non-hydrogen) atoms. The van der Waals surface area contributed by atoms with Gasteiger partial charge in [0, 0.05) is 43.9 Å². The highest BCUT2D eigenvalue weighted by atomic mass is 16.1. The number of hydrogen-bond donors (Lipinski definition) is 2. The van der Waals surface area contributed by atoms with Gasteiger partial charge in [-0.15, -0.1) is 0 Å². The molecule has 0 atom stereocenters. The van der Waals surface area contributed by atoms with Crippen molar-refractivity contribution in [1.29, 1.82) is 0 Å². The summed E-state index contributed by atoms with van der Waals surface area (Å²) in [5, 5.41) is 7.50. The smallest absolute Gasteiger partial charge is 0.272 e. The van der Waals surface area contributed by atoms with Gasteiger partial charge in [-0.2, -0.15) is 5.10 Å². The minimum atomic E-state index is -0.124. The van der Waals surface area contributed by atoms with E-state index in [9.17, 15) is 4.79 Å². The number of carbonyl (C=O) groups excluding carboxylic acids is 1. The Labute approximate surface area is 142 Å². The summed E-state index contributed by atoms with van der Waals surface area (Å²) < 4.78 is 2.00. The zero-order valence-electron chi connectivity index (χ0n) is 14.2. The Morgan fingerprint density at radius 1 is 1.33 bits per heavy atom. The molecule has 0 unspecified atom stereocenters. The maximum atomic E-state index is 12.5. The van der Waals surface area contributed by atoms with E-state index in [2.05, 4.69) is 34.4 Å². The number of nitrogens with zero attached hydrogens (tertiary/aromatic N) is 3. The number of likely N-dealkylation sites (N-methyl/N-ethyl adjacent to an activating group) is 1. The van der Waals surface area contributed by atoms with Gasteiger partial charge in [0.2, 0.25) is 0 Å². The predicted octanol–water partition coefficient (Wildman–Crippen LogP) is 0.998. The summed E-state index contributed by atoms with van der Waals surface area (Å²) in [7, 11) is 0. The lowest BCUT2D eigenvalue weighted by molar-refractivity contribution is 0.0946. The third kappa shape index (κ3) is 3.49. The van der Waals surface area contributed by atoms with Crippen molar-refractivity contribution in [3.05, 3.63) is 52.8 Å². The van der Waals surface area contributed by atoms with Gasteiger partial charge in [0.05, 0.1) is 6.54 Å². The molecule has 0 fully saturated rings. The third-order valence-corrected chi connectivity index (χ3v) is 4.48. The van der Waals surface area contributed by atoms with Gasteiger partial charge in [0.25, 0.3) is 5.91 Å². The Hall–Kier alpha value is -2.18. The van der Waals surface area contributed by atoms with E-state index in [1.54, 1.807) is 0 Å². The molecule has 1 aliphatic rings. The summed E-state index contributed by atoms with van der Waals surface area (Å²) >= 11 is 0. The molecular weight excluding hydrogens is 302 g/mol. The fourth-order valence-electron chi connectivity index (χ4n) is 3.16. The lowest BCUT2D eigenvalue weighted by atomic mass is 10.0. The number of rotatable bonds is 6. The number of nitrogens with one attached hydrogen (secondary N) is 1. The number of aromatic nitrogens is 2. The minimum absolute atomic E-state index is 0.124. The molecule has 0 saturated heterocycles. The van der Waals surface area contributed by atoms with Crippen molar-refractivity contribution in [2.24, 2.45) is 5.73 Å². The van der Waals surface area contributed by atoms with Gasteiger partial charge in [0.1, 0.15) is 0 Å². The number of carbonyl (C=O) groups is 1. The van der Waals surface area contributed by atoms with E-state index in [-0.39, 0.29) is 5.91 Å². The fraction of sp³-hybridized carbons (Fsp3) is 0.444. The molecule has 0 spiro atoms. The average Bonchev–Trinajstić information content (AvgIpc) is 2.98. The monoisotopic (exact) mass is 327 g/mol. The van der Waals surface area contributed by atoms with Gasteiger partial charge in [-0.25, -0.2) is 0 Å². The molecule has 2 aromatic rings. The zero-order valence-corrected chi connectivity index (χ0v) is 14.2. The van der Waals surface area contributed by atoms with Gasteiger partial charge in [-0.3, -0.25) is 14.4 Å². The summed E-state index contributed by atoms with van der Waals surface area (Å²) in [4.78, 5) is 14.8. The molecule has 1 aliphatic heterocycles. The van der Waals surface area contributed by atoms with Crippen LogP contribution >= 0.6 is 0 Å². The van der Waals surface area contributed by atoms with Crippen molar-refractivity contribution >= 4 is 5.91 Å². The molecular formula is C18H25N5O. The van der Waals surface area contributed by atoms with Crippen molar-refractivity contribution in [1.82, 2.24) is 20.0 Å². The van der Waals surface area contributed by atoms with Gasteiger partial charge < -0.3 is 11.1 Å². The van der Waals surface area contributed by atoms with Crippen molar-refractivity contribution < 1.29 is 4.79 Å². The average molecular weight is 327 g/mol. The van der Waals surface area contributed by atoms with Crippen molar-refractivity contribution in [2.75, 3.05) is 26.2 Å². The van der Waals surface area contributed by atoms with Gasteiger partial charge in [0.15, 0.2) is 5.69 Å². The minimum Gasteiger partial charge on any atom is -0.349 e. The van der Waals surface area contributed by atoms with Gasteiger partial charge in [-0.05, 0) is 12.1 Å². The molecule has 0 radical (unpaired) electrons. The SMILES string of the molecule is CCN1CCc2c(c(C(=O)NCCN)nn2Cc2ccccc2)C1. The highest BCUT2D eigenvalue weighted by Gasteiger charge is 2.27. The molecule has 6 heteroatoms. The second-order valence-electron chi connectivity index (χ2n) is 6.08. The Kier molecular flexibility index (Phi) is 5.27. The van der Waals surface area contributed by atoms with Crippen LogP contribution in [-0.4, -0.2) is 46.8 Å². The predicted molar refractivity (Wildman–Crippen MR) is 93.8 cm³/mol. The van der Waals surface area contributed by atoms with Crippen molar-refractivity contribution in [3.8, 4) is 0 Å². The second-order valence-corrected chi connectivity index (χ2v) is 6.08. The standard InChI is InChI=1S/C18H25N5O/c1-2-22-11-8-16-15(13-22)17(18(24)20-10-9-19)21-23(16)12-14-6-4-3-5-7-14/h3-7H,2,8-13,19H2,1H3,(H,20,24). The summed E-state index contributed by atoms with van der Waals surface area (Å²) in [5.74, 6) is -0.124. The topological polar surface area (TPSA) is 76.2 Å². The lowest BCUT2D eigenvalue weighted by Gasteiger charge is -2.26. The maximum absolute atomic E-state index is 12.5. The quantitative estimate of drug-likeness (QED) is 0.830. The molecule has 2 heterocycles. The van der Waals surface area contributed by atoms with Crippen LogP contribution in [0.15, 0.2) is 30.3 Å². The number of fused-ring (bicyclic) bond motifs is 1. The van der Waals surface area contributed by atoms with Crippen LogP contribution in [0.2, 0.25) is 0 Å². The van der Waals surface area contributed by atoms with Crippen molar-refractivity contribution in [3.63, 3.8) is 0 Å². The van der Waals surface area contributed by atoms with Crippen LogP contribution in [0, 0.1) is 0 Å². The van der Waals surface area contributed by atoms with E-state index in [1.807, 2.05) is 22.9 Å². The second kappa shape index (κ2) is 7.59. The van der Waals surface area contributed by atoms with Crippen LogP contribution in [-0.2, 0) is 19.5 Å². The summed E-state index contributed by atoms with van der Waals surface area (Å²) in [5.41, 5.74) is 9.48. The van der Waals surface area contributed by atoms with Crippen LogP contribution in [0.3, 0.4) is 0 Å². The van der Waals surface area contributed by atoms with Crippen LogP contribution in [0.25, 0.3) is 0 Å². The largest absolute Gasteiger partial charge is 0.349 e. The van der Waals surface area contributed by atoms with E-state index in [0.29, 0.717) is 25.3 Å². The molecule has 6 nitrogen and oxygen atoms in total. The van der Waals surface area contributed by atoms with E-state index in [1.165, 1.54) is 11.3 Å². The Morgan fingerprint density at radius 3 is 2.83 bits per heavy atom. The van der Waals surface area contributed by atoms with Crippen LogP contribution in [0.5, 0.6) is 0 Å². The third-order valence-electron chi connectivity index (χ3n) is 4.48. The van der Waals surface area contributed by atoms with Crippen LogP contribution in [0.1, 0.15) is 34.2 Å². The molecule has 1 aromatic heterocycles. The molecule has 1 amide bonds. The molecule has 1 aromatic carbocycles. The Balaban J connectivity index is 1.92. The molecule has 3 rings (SSSR count). The Morgan fingerprint density at radius 2 is 2.12 bits per heavy atom. The van der Waals surface area contributed by atoms with E-state index < -0.39 is 0 Å². The van der Waals surface area contributed by atoms with E-state index >= 15 is 0 Å². The molecule has 128 valence electrons. The fourth-order valence-corrected chi connectivity index (χ4v) is 3.16. The molecule has 3 N–H and O–H groups in total. The Bertz CT molecular complexity index is 695. The number of hydrogen-bond acceptors (Lipinski definition) is 4. The van der Waals surface area contributed by atoms with Crippen LogP contribution in [0.4, 0.5) is 0 Å². The highest BCUT2D eigenvalue weighted by molar-refractivity contribution is 5.94. The van der Waals surface area contributed by atoms with Gasteiger partial charge in [-0.1, -0.05) is 37.3 Å². The lowest BCUT2D eigenvalue weighted by Crippen LogP contribution is -2.33. The van der Waals surface area contributed by atoms with E-state index in [0.717, 1.165) is 31.6 Å². The first-order chi connectivity index (χ1) is 11.7. The summed E-state index contributed by atoms with van der Waals surface area (Å²) in [6.07, 6.45) is 0.924. The van der Waals surface area contributed by atoms with Crippen LogP contribution < -0.4 is 11.1 Å². The number of nitrogens with two attached hydrogens (primary N) is 1. The first-order valence-corrected chi connectivity index (χ1v) is 8.56. The normalized spacial score (nSPS) is 14.4. The number of benzene rings is 1. The summed E-state index contributed by atoms with van der Waals surface area (Å²) in [6, 6.07) is 10.2. The molecule has 0 saturated carbocycles. The first kappa shape index (κ1) is 16.7. The zero-order chi connectivity index (χ0) is 16.9. The molecule has 0 aliphatic carbocycles. The first-order valence-electron chi connectivity index (χ1n) is 8.56. The summed E-state index contributed by atoms with van der Waals surface area (Å²) in [6.45, 7) is 6.51. The number of amides is 1. The molecule has 0 bridgehead atoms. The van der Waals surface area contributed by atoms with Crippen molar-refractivity contribution in [2.45, 2.75) is 26.4 Å². The maximum Gasteiger partial charge on any atom is 0.272 e. The highest BCUT2D eigenvalue weighted by Crippen LogP contribution is 2.23. The van der Waals surface area contributed by atoms with E-state index in [4.69, 9.17) is 5.73 Å².